The summed E-state index contributed by atoms with van der Waals surface area (Å²) in [5.41, 5.74) is 3.62. The summed E-state index contributed by atoms with van der Waals surface area (Å²) in [6, 6.07) is 22.3. The van der Waals surface area contributed by atoms with Crippen molar-refractivity contribution in [1.29, 1.82) is 0 Å². The molecule has 3 aromatic carbocycles. The minimum atomic E-state index is -0.328. The Labute approximate surface area is 194 Å². The largest absolute Gasteiger partial charge is 0.332 e. The highest BCUT2D eigenvalue weighted by molar-refractivity contribution is 5.99. The highest BCUT2D eigenvalue weighted by Gasteiger charge is 2.13. The van der Waals surface area contributed by atoms with Gasteiger partial charge in [-0.3, -0.25) is 0 Å². The second-order valence-corrected chi connectivity index (χ2v) is 7.50. The number of para-hydroxylation sites is 1. The predicted octanol–water partition coefficient (Wildman–Crippen LogP) is 5.43. The van der Waals surface area contributed by atoms with Gasteiger partial charge in [0.1, 0.15) is 11.5 Å². The molecule has 0 unspecified atom stereocenters. The maximum atomic E-state index is 13.1. The van der Waals surface area contributed by atoms with Crippen molar-refractivity contribution in [2.24, 2.45) is 0 Å². The molecular weight excluding hydrogens is 435 g/mol. The number of halogens is 1. The first-order valence-electron chi connectivity index (χ1n) is 10.5. The van der Waals surface area contributed by atoms with Crippen LogP contribution in [-0.2, 0) is 6.54 Å². The van der Waals surface area contributed by atoms with Crippen LogP contribution in [0.25, 0.3) is 23.0 Å². The number of hydrogen-bond acceptors (Lipinski definition) is 5. The lowest BCUT2D eigenvalue weighted by Gasteiger charge is -2.08. The molecular formula is C25H19FN6O2. The second kappa shape index (κ2) is 9.37. The van der Waals surface area contributed by atoms with Crippen molar-refractivity contribution >= 4 is 17.4 Å². The lowest BCUT2D eigenvalue weighted by molar-refractivity contribution is 0.262. The molecule has 0 fully saturated rings. The van der Waals surface area contributed by atoms with Gasteiger partial charge in [0, 0.05) is 29.7 Å². The molecule has 0 bridgehead atoms. The van der Waals surface area contributed by atoms with Crippen molar-refractivity contribution < 1.29 is 13.7 Å². The summed E-state index contributed by atoms with van der Waals surface area (Å²) < 4.78 is 20.3. The van der Waals surface area contributed by atoms with Crippen LogP contribution in [0.2, 0.25) is 0 Å². The minimum Gasteiger partial charge on any atom is -0.332 e. The predicted molar refractivity (Wildman–Crippen MR) is 126 cm³/mol. The van der Waals surface area contributed by atoms with Gasteiger partial charge in [-0.25, -0.2) is 14.2 Å². The summed E-state index contributed by atoms with van der Waals surface area (Å²) in [4.78, 5) is 20.8. The third-order valence-electron chi connectivity index (χ3n) is 4.99. The number of benzene rings is 3. The Morgan fingerprint density at radius 2 is 1.62 bits per heavy atom. The number of amides is 2. The number of rotatable bonds is 6. The molecule has 8 nitrogen and oxygen atoms in total. The van der Waals surface area contributed by atoms with Crippen molar-refractivity contribution in [3.05, 3.63) is 103 Å². The Morgan fingerprint density at radius 3 is 2.35 bits per heavy atom. The molecule has 2 aromatic heterocycles. The molecule has 0 aliphatic heterocycles. The van der Waals surface area contributed by atoms with Gasteiger partial charge in [-0.1, -0.05) is 35.5 Å². The lowest BCUT2D eigenvalue weighted by Crippen LogP contribution is -2.19. The van der Waals surface area contributed by atoms with Gasteiger partial charge in [0.25, 0.3) is 5.89 Å². The van der Waals surface area contributed by atoms with E-state index >= 15 is 0 Å². The van der Waals surface area contributed by atoms with Gasteiger partial charge >= 0.3 is 6.03 Å². The van der Waals surface area contributed by atoms with E-state index in [1.54, 1.807) is 24.7 Å². The number of nitrogens with zero attached hydrogens (tertiary/aromatic N) is 4. The van der Waals surface area contributed by atoms with E-state index in [2.05, 4.69) is 25.8 Å². The van der Waals surface area contributed by atoms with E-state index < -0.39 is 0 Å². The molecule has 0 radical (unpaired) electrons. The summed E-state index contributed by atoms with van der Waals surface area (Å²) in [6.07, 6.45) is 3.48. The Hall–Kier alpha value is -4.79. The molecule has 2 heterocycles. The van der Waals surface area contributed by atoms with Crippen molar-refractivity contribution in [2.45, 2.75) is 6.54 Å². The molecule has 9 heteroatoms. The Bertz CT molecular complexity index is 1400. The topological polar surface area (TPSA) is 97.9 Å². The zero-order chi connectivity index (χ0) is 23.3. The lowest BCUT2D eigenvalue weighted by atomic mass is 10.2. The van der Waals surface area contributed by atoms with Crippen molar-refractivity contribution in [3.63, 3.8) is 0 Å². The average molecular weight is 454 g/mol. The second-order valence-electron chi connectivity index (χ2n) is 7.50. The van der Waals surface area contributed by atoms with E-state index in [-0.39, 0.29) is 17.7 Å². The number of carbonyl (C=O) groups excluding carboxylic acids is 1. The van der Waals surface area contributed by atoms with E-state index in [4.69, 9.17) is 4.52 Å². The fourth-order valence-corrected chi connectivity index (χ4v) is 3.32. The van der Waals surface area contributed by atoms with Gasteiger partial charge in [-0.05, 0) is 54.1 Å². The molecule has 5 aromatic rings. The fraction of sp³-hybridized carbons (Fsp3) is 0.0400. The molecule has 0 aliphatic carbocycles. The maximum absolute atomic E-state index is 13.1. The SMILES string of the molecule is O=C(Nc1ccccc1)Nc1ccc(Cn2cnc(-c3nc(-c4ccc(F)cc4)no3)c2)cc1. The van der Waals surface area contributed by atoms with Gasteiger partial charge in [0.05, 0.1) is 6.33 Å². The molecule has 0 atom stereocenters. The summed E-state index contributed by atoms with van der Waals surface area (Å²) in [6.45, 7) is 0.572. The number of anilines is 2. The third kappa shape index (κ3) is 4.99. The van der Waals surface area contributed by atoms with Crippen LogP contribution >= 0.6 is 0 Å². The molecule has 168 valence electrons. The van der Waals surface area contributed by atoms with Crippen LogP contribution in [0.3, 0.4) is 0 Å². The zero-order valence-electron chi connectivity index (χ0n) is 17.9. The monoisotopic (exact) mass is 454 g/mol. The van der Waals surface area contributed by atoms with Crippen LogP contribution in [0, 0.1) is 5.82 Å². The molecule has 5 rings (SSSR count). The summed E-state index contributed by atoms with van der Waals surface area (Å²) in [5.74, 6) is 0.316. The number of aromatic nitrogens is 4. The van der Waals surface area contributed by atoms with Crippen molar-refractivity contribution in [3.8, 4) is 23.0 Å². The summed E-state index contributed by atoms with van der Waals surface area (Å²) in [5, 5.41) is 9.53. The van der Waals surface area contributed by atoms with Gasteiger partial charge < -0.3 is 19.7 Å². The van der Waals surface area contributed by atoms with Crippen LogP contribution in [-0.4, -0.2) is 25.7 Å². The number of carbonyl (C=O) groups is 1. The van der Waals surface area contributed by atoms with Crippen LogP contribution < -0.4 is 10.6 Å². The molecule has 0 aliphatic rings. The molecule has 34 heavy (non-hydrogen) atoms. The van der Waals surface area contributed by atoms with E-state index in [1.807, 2.05) is 59.2 Å². The zero-order valence-corrected chi connectivity index (χ0v) is 17.9. The number of hydrogen-bond donors (Lipinski definition) is 2. The Balaban J connectivity index is 1.20. The standard InChI is InChI=1S/C25H19FN6O2/c26-19-10-8-18(9-11-19)23-30-24(34-31-23)22-15-32(16-27-22)14-17-6-12-21(13-7-17)29-25(33)28-20-4-2-1-3-5-20/h1-13,15-16H,14H2,(H2,28,29,33). The van der Waals surface area contributed by atoms with Crippen LogP contribution in [0.15, 0.2) is 95.9 Å². The highest BCUT2D eigenvalue weighted by Crippen LogP contribution is 2.21. The summed E-state index contributed by atoms with van der Waals surface area (Å²) >= 11 is 0. The van der Waals surface area contributed by atoms with E-state index in [0.717, 1.165) is 11.3 Å². The van der Waals surface area contributed by atoms with Crippen LogP contribution in [0.4, 0.5) is 20.6 Å². The quantitative estimate of drug-likeness (QED) is 0.356. The van der Waals surface area contributed by atoms with Crippen LogP contribution in [0.1, 0.15) is 5.56 Å². The molecule has 0 spiro atoms. The van der Waals surface area contributed by atoms with Gasteiger partial charge in [-0.15, -0.1) is 0 Å². The number of imidazole rings is 1. The summed E-state index contributed by atoms with van der Waals surface area (Å²) in [7, 11) is 0. The molecule has 0 saturated carbocycles. The van der Waals surface area contributed by atoms with Gasteiger partial charge in [-0.2, -0.15) is 4.98 Å². The first-order valence-corrected chi connectivity index (χ1v) is 10.5. The maximum Gasteiger partial charge on any atom is 0.323 e. The highest BCUT2D eigenvalue weighted by atomic mass is 19.1. The van der Waals surface area contributed by atoms with E-state index in [9.17, 15) is 9.18 Å². The van der Waals surface area contributed by atoms with Gasteiger partial charge in [0.2, 0.25) is 5.82 Å². The van der Waals surface area contributed by atoms with Crippen molar-refractivity contribution in [1.82, 2.24) is 19.7 Å². The van der Waals surface area contributed by atoms with E-state index in [1.165, 1.54) is 12.1 Å². The molecule has 2 amide bonds. The molecule has 0 saturated heterocycles. The third-order valence-corrected chi connectivity index (χ3v) is 4.99. The smallest absolute Gasteiger partial charge is 0.323 e. The Morgan fingerprint density at radius 1 is 0.912 bits per heavy atom. The van der Waals surface area contributed by atoms with E-state index in [0.29, 0.717) is 29.3 Å². The first kappa shape index (κ1) is 21.1. The number of urea groups is 1. The van der Waals surface area contributed by atoms with Crippen molar-refractivity contribution in [2.75, 3.05) is 10.6 Å². The minimum absolute atomic E-state index is 0.280. The average Bonchev–Trinajstić information content (AvgIpc) is 3.51. The van der Waals surface area contributed by atoms with Gasteiger partial charge in [0.15, 0.2) is 0 Å². The number of nitrogens with one attached hydrogen (secondary N) is 2. The normalized spacial score (nSPS) is 10.7. The fourth-order valence-electron chi connectivity index (χ4n) is 3.32. The first-order chi connectivity index (χ1) is 16.6. The van der Waals surface area contributed by atoms with Crippen LogP contribution in [0.5, 0.6) is 0 Å². The molecule has 2 N–H and O–H groups in total. The Kier molecular flexibility index (Phi) is 5.81.